The number of carbonyl (C=O) groups is 2. The van der Waals surface area contributed by atoms with Gasteiger partial charge in [0.2, 0.25) is 0 Å². The number of carbonyl (C=O) groups excluding carboxylic acids is 2. The topological polar surface area (TPSA) is 102 Å². The summed E-state index contributed by atoms with van der Waals surface area (Å²) in [6.45, 7) is 15.3. The molecule has 0 saturated heterocycles. The Morgan fingerprint density at radius 3 is 1.60 bits per heavy atom. The maximum absolute atomic E-state index is 11.9. The van der Waals surface area contributed by atoms with Crippen molar-refractivity contribution >= 4 is 52.5 Å². The smallest absolute Gasteiger partial charge is 0.796 e. The number of hydrogen-bond donors (Lipinski definition) is 2. The Morgan fingerprint density at radius 1 is 0.833 bits per heavy atom. The van der Waals surface area contributed by atoms with Crippen molar-refractivity contribution in [2.24, 2.45) is 0 Å². The molecular formula is C30H48BrN4NaO4S2. The van der Waals surface area contributed by atoms with E-state index in [2.05, 4.69) is 69.1 Å². The summed E-state index contributed by atoms with van der Waals surface area (Å²) in [5.41, 5.74) is 1.02. The van der Waals surface area contributed by atoms with Crippen LogP contribution in [0, 0.1) is 0 Å². The maximum Gasteiger partial charge on any atom is 1.00 e. The minimum atomic E-state index is -0.490. The number of thioether (sulfide) groups is 1. The Kier molecular flexibility index (Phi) is 23.1. The van der Waals surface area contributed by atoms with E-state index in [4.69, 9.17) is 9.47 Å². The number of amides is 2. The molecule has 8 nitrogen and oxygen atoms in total. The number of ether oxygens (including phenoxy) is 2. The van der Waals surface area contributed by atoms with Gasteiger partial charge in [0.05, 0.1) is 12.1 Å². The Morgan fingerprint density at radius 2 is 1.24 bits per heavy atom. The zero-order valence-electron chi connectivity index (χ0n) is 27.2. The molecule has 0 aromatic carbocycles. The Hall–Kier alpha value is -0.980. The van der Waals surface area contributed by atoms with Crippen molar-refractivity contribution in [2.45, 2.75) is 109 Å². The first kappa shape index (κ1) is 43.1. The minimum Gasteiger partial charge on any atom is -0.796 e. The van der Waals surface area contributed by atoms with E-state index in [0.717, 1.165) is 46.2 Å². The fourth-order valence-electron chi connectivity index (χ4n) is 3.48. The second kappa shape index (κ2) is 22.5. The average Bonchev–Trinajstić information content (AvgIpc) is 2.87. The van der Waals surface area contributed by atoms with Crippen molar-refractivity contribution in [2.75, 3.05) is 12.5 Å². The number of rotatable bonds is 9. The van der Waals surface area contributed by atoms with Gasteiger partial charge in [0.15, 0.2) is 0 Å². The molecule has 2 rings (SSSR count). The van der Waals surface area contributed by atoms with Gasteiger partial charge in [-0.1, -0.05) is 26.7 Å². The molecule has 232 valence electrons. The molecule has 2 aromatic rings. The van der Waals surface area contributed by atoms with Crippen molar-refractivity contribution in [1.29, 1.82) is 0 Å². The van der Waals surface area contributed by atoms with Crippen molar-refractivity contribution in [3.63, 3.8) is 0 Å². The Bertz CT molecular complexity index is 1050. The summed E-state index contributed by atoms with van der Waals surface area (Å²) in [5.74, 6) is 0. The first-order chi connectivity index (χ1) is 19.2. The molecule has 0 saturated carbocycles. The monoisotopic (exact) mass is 694 g/mol. The van der Waals surface area contributed by atoms with Gasteiger partial charge in [0.25, 0.3) is 0 Å². The average molecular weight is 696 g/mol. The van der Waals surface area contributed by atoms with Crippen molar-refractivity contribution in [3.05, 3.63) is 52.5 Å². The normalized spacial score (nSPS) is 12.1. The third kappa shape index (κ3) is 20.1. The molecule has 0 fully saturated rings. The third-order valence-corrected chi connectivity index (χ3v) is 6.17. The van der Waals surface area contributed by atoms with Crippen LogP contribution in [0.4, 0.5) is 9.59 Å². The van der Waals surface area contributed by atoms with Crippen LogP contribution in [-0.2, 0) is 22.1 Å². The predicted molar refractivity (Wildman–Crippen MR) is 175 cm³/mol. The van der Waals surface area contributed by atoms with E-state index in [1.807, 2.05) is 60.1 Å². The van der Waals surface area contributed by atoms with Crippen LogP contribution in [0.25, 0.3) is 0 Å². The second-order valence-electron chi connectivity index (χ2n) is 11.1. The number of hydrogen-bond acceptors (Lipinski definition) is 8. The molecule has 2 aromatic heterocycles. The van der Waals surface area contributed by atoms with Crippen molar-refractivity contribution < 1.29 is 48.6 Å². The molecule has 0 bridgehead atoms. The summed E-state index contributed by atoms with van der Waals surface area (Å²) < 4.78 is 11.5. The van der Waals surface area contributed by atoms with E-state index >= 15 is 0 Å². The van der Waals surface area contributed by atoms with E-state index in [9.17, 15) is 9.59 Å². The van der Waals surface area contributed by atoms with E-state index in [-0.39, 0.29) is 47.7 Å². The molecule has 0 spiro atoms. The van der Waals surface area contributed by atoms with Crippen LogP contribution in [0.3, 0.4) is 0 Å². The molecule has 0 aliphatic rings. The number of nitrogens with one attached hydrogen (secondary N) is 2. The summed E-state index contributed by atoms with van der Waals surface area (Å²) in [5, 5.41) is 5.83. The summed E-state index contributed by atoms with van der Waals surface area (Å²) in [6.07, 6.45) is 13.6. The third-order valence-electron chi connectivity index (χ3n) is 5.04. The quantitative estimate of drug-likeness (QED) is 0.200. The van der Waals surface area contributed by atoms with E-state index < -0.39 is 17.3 Å². The van der Waals surface area contributed by atoms with Gasteiger partial charge in [-0.2, -0.15) is 6.26 Å². The Labute approximate surface area is 293 Å². The number of aromatic nitrogens is 2. The SMILES string of the molecule is CCCC(NC(=O)OC(C)(C)C)c1cncc(Br)c1.CCCC(NC(=O)OC(C)(C)C)c1cncc(SC)c1.C[S-].[Na+]. The molecule has 0 aliphatic heterocycles. The zero-order valence-corrected chi connectivity index (χ0v) is 32.4. The van der Waals surface area contributed by atoms with Gasteiger partial charge in [-0.05, 0) is 99.8 Å². The largest absolute Gasteiger partial charge is 1.00 e. The van der Waals surface area contributed by atoms with Crippen molar-refractivity contribution in [1.82, 2.24) is 20.6 Å². The number of alkyl carbamates (subject to hydrolysis) is 2. The summed E-state index contributed by atoms with van der Waals surface area (Å²) in [6, 6.07) is 3.89. The standard InChI is InChI=1S/C15H24N2O2S.C14H21BrN2O2.CH4S.Na/c1-6-7-13(17-14(18)19-15(2,3)4)11-8-12(20-5)10-16-9-11;1-5-6-12(10-7-11(15)9-16-8-10)17-13(18)19-14(2,3)4;1-2;/h8-10,13H,6-7H2,1-5H3,(H,17,18);7-9,12H,5-6H2,1-4H3,(H,17,18);2H,1H3;/q;;;+1/p-1. The fourth-order valence-corrected chi connectivity index (χ4v) is 4.28. The molecule has 2 atom stereocenters. The van der Waals surface area contributed by atoms with Gasteiger partial charge in [-0.15, -0.1) is 11.8 Å². The summed E-state index contributed by atoms with van der Waals surface area (Å²) in [7, 11) is 0. The molecule has 0 radical (unpaired) electrons. The first-order valence-electron chi connectivity index (χ1n) is 13.7. The molecule has 2 heterocycles. The Balaban J connectivity index is 0. The fraction of sp³-hybridized carbons (Fsp3) is 0.600. The summed E-state index contributed by atoms with van der Waals surface area (Å²) in [4.78, 5) is 33.2. The molecule has 12 heteroatoms. The van der Waals surface area contributed by atoms with Gasteiger partial charge in [0, 0.05) is 34.2 Å². The molecule has 42 heavy (non-hydrogen) atoms. The van der Waals surface area contributed by atoms with Gasteiger partial charge < -0.3 is 32.7 Å². The van der Waals surface area contributed by atoms with Crippen molar-refractivity contribution in [3.8, 4) is 0 Å². The molecule has 2 amide bonds. The van der Waals surface area contributed by atoms with Crippen LogP contribution in [-0.4, -0.2) is 45.9 Å². The van der Waals surface area contributed by atoms with Gasteiger partial charge >= 0.3 is 41.7 Å². The molecule has 2 N–H and O–H groups in total. The zero-order chi connectivity index (χ0) is 31.6. The predicted octanol–water partition coefficient (Wildman–Crippen LogP) is 5.55. The van der Waals surface area contributed by atoms with E-state index in [1.165, 1.54) is 0 Å². The van der Waals surface area contributed by atoms with Gasteiger partial charge in [0.1, 0.15) is 11.2 Å². The van der Waals surface area contributed by atoms with E-state index in [1.54, 1.807) is 36.6 Å². The molecule has 0 aliphatic carbocycles. The second-order valence-corrected chi connectivity index (χ2v) is 12.9. The van der Waals surface area contributed by atoms with E-state index in [0.29, 0.717) is 0 Å². The molecular weight excluding hydrogens is 647 g/mol. The van der Waals surface area contributed by atoms with Crippen LogP contribution in [0.15, 0.2) is 46.3 Å². The van der Waals surface area contributed by atoms with Crippen LogP contribution < -0.4 is 40.2 Å². The summed E-state index contributed by atoms with van der Waals surface area (Å²) >= 11 is 9.11. The number of pyridine rings is 2. The van der Waals surface area contributed by atoms with Crippen LogP contribution in [0.2, 0.25) is 0 Å². The van der Waals surface area contributed by atoms with Crippen LogP contribution in [0.1, 0.15) is 104 Å². The number of nitrogens with zero attached hydrogens (tertiary/aromatic N) is 2. The minimum absolute atomic E-state index is 0. The van der Waals surface area contributed by atoms with Crippen LogP contribution in [0.5, 0.6) is 0 Å². The first-order valence-corrected chi connectivity index (χ1v) is 16.5. The molecule has 2 unspecified atom stereocenters. The van der Waals surface area contributed by atoms with Gasteiger partial charge in [-0.25, -0.2) is 9.59 Å². The number of halogens is 1. The van der Waals surface area contributed by atoms with Gasteiger partial charge in [-0.3, -0.25) is 9.97 Å². The maximum atomic E-state index is 11.9. The van der Waals surface area contributed by atoms with Crippen LogP contribution >= 0.6 is 27.7 Å².